The Morgan fingerprint density at radius 3 is 2.64 bits per heavy atom. The molecule has 2 aromatic rings. The Hall–Kier alpha value is -2.11. The highest BCUT2D eigenvalue weighted by molar-refractivity contribution is 7.89. The minimum absolute atomic E-state index is 0.102. The van der Waals surface area contributed by atoms with Crippen LogP contribution in [0.3, 0.4) is 0 Å². The number of carbonyl (C=O) groups is 1. The standard InChI is InChI=1S/C17H19F2N3O4S2/c1-2-28(25,26)21-14-3-4-22(17(23)24)15(14)8-13-9-27-16(20-13)10-5-11(18)7-12(19)6-10/h5-7,9,14-15,21H,2-4,8H2,1H3,(H,23,24)/t14-,15-/m0/s1. The van der Waals surface area contributed by atoms with Crippen LogP contribution < -0.4 is 4.72 Å². The second-order valence-corrected chi connectivity index (χ2v) is 9.37. The highest BCUT2D eigenvalue weighted by Crippen LogP contribution is 2.28. The molecule has 152 valence electrons. The smallest absolute Gasteiger partial charge is 0.407 e. The van der Waals surface area contributed by atoms with Gasteiger partial charge >= 0.3 is 6.09 Å². The first-order valence-corrected chi connectivity index (χ1v) is 11.1. The van der Waals surface area contributed by atoms with Gasteiger partial charge in [-0.1, -0.05) is 0 Å². The van der Waals surface area contributed by atoms with E-state index in [-0.39, 0.29) is 18.7 Å². The van der Waals surface area contributed by atoms with Crippen LogP contribution in [0.15, 0.2) is 23.6 Å². The van der Waals surface area contributed by atoms with Gasteiger partial charge in [0.25, 0.3) is 0 Å². The number of halogens is 2. The van der Waals surface area contributed by atoms with Crippen LogP contribution in [0, 0.1) is 11.6 Å². The molecule has 3 rings (SSSR count). The Morgan fingerprint density at radius 1 is 1.36 bits per heavy atom. The van der Waals surface area contributed by atoms with E-state index in [4.69, 9.17) is 0 Å². The van der Waals surface area contributed by atoms with Crippen molar-refractivity contribution in [3.05, 3.63) is 40.9 Å². The number of amides is 1. The van der Waals surface area contributed by atoms with Crippen molar-refractivity contribution in [1.29, 1.82) is 0 Å². The molecule has 0 bridgehead atoms. The fraction of sp³-hybridized carbons (Fsp3) is 0.412. The van der Waals surface area contributed by atoms with Gasteiger partial charge in [-0.05, 0) is 25.5 Å². The lowest BCUT2D eigenvalue weighted by Gasteiger charge is -2.25. The van der Waals surface area contributed by atoms with E-state index in [0.717, 1.165) is 6.07 Å². The van der Waals surface area contributed by atoms with Crippen LogP contribution in [0.2, 0.25) is 0 Å². The molecule has 0 radical (unpaired) electrons. The summed E-state index contributed by atoms with van der Waals surface area (Å²) in [5.74, 6) is -1.53. The third-order valence-electron chi connectivity index (χ3n) is 4.58. The summed E-state index contributed by atoms with van der Waals surface area (Å²) in [6, 6.07) is 1.94. The highest BCUT2D eigenvalue weighted by Gasteiger charge is 2.39. The van der Waals surface area contributed by atoms with Gasteiger partial charge in [-0.2, -0.15) is 0 Å². The second-order valence-electron chi connectivity index (χ2n) is 6.47. The number of sulfonamides is 1. The predicted molar refractivity (Wildman–Crippen MR) is 101 cm³/mol. The van der Waals surface area contributed by atoms with Gasteiger partial charge in [0.05, 0.1) is 17.5 Å². The lowest BCUT2D eigenvalue weighted by molar-refractivity contribution is 0.137. The minimum atomic E-state index is -3.50. The lowest BCUT2D eigenvalue weighted by Crippen LogP contribution is -2.47. The Labute approximate surface area is 165 Å². The molecular formula is C17H19F2N3O4S2. The third-order valence-corrected chi connectivity index (χ3v) is 6.94. The number of benzene rings is 1. The molecule has 7 nitrogen and oxygen atoms in total. The maximum absolute atomic E-state index is 13.4. The number of rotatable bonds is 6. The van der Waals surface area contributed by atoms with Crippen LogP contribution >= 0.6 is 11.3 Å². The first-order valence-electron chi connectivity index (χ1n) is 8.59. The van der Waals surface area contributed by atoms with Crippen LogP contribution in [0.5, 0.6) is 0 Å². The van der Waals surface area contributed by atoms with E-state index in [1.165, 1.54) is 35.3 Å². The van der Waals surface area contributed by atoms with Gasteiger partial charge in [0.2, 0.25) is 10.0 Å². The molecule has 2 N–H and O–H groups in total. The molecule has 1 aromatic carbocycles. The van der Waals surface area contributed by atoms with Crippen molar-refractivity contribution in [2.45, 2.75) is 31.8 Å². The van der Waals surface area contributed by atoms with Gasteiger partial charge in [-0.25, -0.2) is 31.7 Å². The topological polar surface area (TPSA) is 99.6 Å². The van der Waals surface area contributed by atoms with Crippen molar-refractivity contribution < 1.29 is 27.1 Å². The van der Waals surface area contributed by atoms with Crippen LogP contribution in [-0.2, 0) is 16.4 Å². The Balaban J connectivity index is 1.83. The molecule has 2 heterocycles. The number of carboxylic acid groups (broad SMARTS) is 1. The van der Waals surface area contributed by atoms with Crippen LogP contribution in [0.1, 0.15) is 19.0 Å². The zero-order chi connectivity index (χ0) is 20.5. The van der Waals surface area contributed by atoms with Crippen LogP contribution in [-0.4, -0.2) is 53.9 Å². The molecule has 1 aliphatic heterocycles. The average molecular weight is 431 g/mol. The summed E-state index contributed by atoms with van der Waals surface area (Å²) < 4.78 is 53.3. The van der Waals surface area contributed by atoms with Gasteiger partial charge in [0.1, 0.15) is 16.6 Å². The molecular weight excluding hydrogens is 412 g/mol. The van der Waals surface area contributed by atoms with Crippen molar-refractivity contribution in [2.75, 3.05) is 12.3 Å². The molecule has 28 heavy (non-hydrogen) atoms. The number of hydrogen-bond donors (Lipinski definition) is 2. The lowest BCUT2D eigenvalue weighted by atomic mass is 10.1. The van der Waals surface area contributed by atoms with Gasteiger partial charge < -0.3 is 10.0 Å². The molecule has 11 heteroatoms. The Bertz CT molecular complexity index is 960. The molecule has 1 saturated heterocycles. The SMILES string of the molecule is CCS(=O)(=O)N[C@H]1CCN(C(=O)O)[C@H]1Cc1csc(-c2cc(F)cc(F)c2)n1. The van der Waals surface area contributed by atoms with E-state index in [1.54, 1.807) is 5.38 Å². The summed E-state index contributed by atoms with van der Waals surface area (Å²) in [6.07, 6.45) is -0.578. The number of aromatic nitrogens is 1. The van der Waals surface area contributed by atoms with E-state index in [1.807, 2.05) is 0 Å². The predicted octanol–water partition coefficient (Wildman–Crippen LogP) is 2.69. The van der Waals surface area contributed by atoms with Crippen LogP contribution in [0.25, 0.3) is 10.6 Å². The number of hydrogen-bond acceptors (Lipinski definition) is 5. The summed E-state index contributed by atoms with van der Waals surface area (Å²) >= 11 is 1.18. The average Bonchev–Trinajstić information content (AvgIpc) is 3.22. The maximum atomic E-state index is 13.4. The van der Waals surface area contributed by atoms with Crippen LogP contribution in [0.4, 0.5) is 13.6 Å². The summed E-state index contributed by atoms with van der Waals surface area (Å²) in [5.41, 5.74) is 0.821. The number of likely N-dealkylation sites (tertiary alicyclic amines) is 1. The van der Waals surface area contributed by atoms with Crippen molar-refractivity contribution in [3.8, 4) is 10.6 Å². The molecule has 2 atom stereocenters. The zero-order valence-electron chi connectivity index (χ0n) is 14.9. The summed E-state index contributed by atoms with van der Waals surface area (Å²) in [7, 11) is -3.50. The molecule has 1 fully saturated rings. The second kappa shape index (κ2) is 8.10. The first kappa shape index (κ1) is 20.6. The van der Waals surface area contributed by atoms with E-state index < -0.39 is 39.8 Å². The number of nitrogens with one attached hydrogen (secondary N) is 1. The summed E-state index contributed by atoms with van der Waals surface area (Å²) in [4.78, 5) is 17.1. The van der Waals surface area contributed by atoms with E-state index in [2.05, 4.69) is 9.71 Å². The zero-order valence-corrected chi connectivity index (χ0v) is 16.6. The molecule has 1 amide bonds. The molecule has 0 aliphatic carbocycles. The fourth-order valence-corrected chi connectivity index (χ4v) is 4.94. The number of nitrogens with zero attached hydrogens (tertiary/aromatic N) is 2. The van der Waals surface area contributed by atoms with Gasteiger partial charge in [-0.15, -0.1) is 11.3 Å². The van der Waals surface area contributed by atoms with Gasteiger partial charge in [0, 0.05) is 36.0 Å². The van der Waals surface area contributed by atoms with Crippen molar-refractivity contribution in [1.82, 2.24) is 14.6 Å². The molecule has 0 unspecified atom stereocenters. The quantitative estimate of drug-likeness (QED) is 0.733. The van der Waals surface area contributed by atoms with E-state index >= 15 is 0 Å². The first-order chi connectivity index (χ1) is 13.2. The Morgan fingerprint density at radius 2 is 2.04 bits per heavy atom. The van der Waals surface area contributed by atoms with E-state index in [9.17, 15) is 27.1 Å². The maximum Gasteiger partial charge on any atom is 0.407 e. The van der Waals surface area contributed by atoms with Gasteiger partial charge in [0.15, 0.2) is 0 Å². The third kappa shape index (κ3) is 4.65. The van der Waals surface area contributed by atoms with Crippen molar-refractivity contribution in [2.24, 2.45) is 0 Å². The monoisotopic (exact) mass is 431 g/mol. The van der Waals surface area contributed by atoms with Crippen molar-refractivity contribution in [3.63, 3.8) is 0 Å². The number of thiazole rings is 1. The van der Waals surface area contributed by atoms with Crippen molar-refractivity contribution >= 4 is 27.5 Å². The van der Waals surface area contributed by atoms with Gasteiger partial charge in [-0.3, -0.25) is 0 Å². The highest BCUT2D eigenvalue weighted by atomic mass is 32.2. The molecule has 0 spiro atoms. The minimum Gasteiger partial charge on any atom is -0.465 e. The summed E-state index contributed by atoms with van der Waals surface area (Å²) in [5, 5.41) is 11.5. The molecule has 1 aromatic heterocycles. The Kier molecular flexibility index (Phi) is 5.96. The fourth-order valence-electron chi connectivity index (χ4n) is 3.22. The molecule has 1 aliphatic rings. The van der Waals surface area contributed by atoms with E-state index in [0.29, 0.717) is 22.7 Å². The summed E-state index contributed by atoms with van der Waals surface area (Å²) in [6.45, 7) is 1.72. The molecule has 0 saturated carbocycles. The normalized spacial score (nSPS) is 19.9. The largest absolute Gasteiger partial charge is 0.465 e.